The quantitative estimate of drug-likeness (QED) is 0.758. The first-order valence-electron chi connectivity index (χ1n) is 5.89. The van der Waals surface area contributed by atoms with Crippen LogP contribution in [0.5, 0.6) is 0 Å². The van der Waals surface area contributed by atoms with Gasteiger partial charge < -0.3 is 10.6 Å². The number of carbonyl (C=O) groups is 1. The number of carbonyl (C=O) groups excluding carboxylic acids is 1. The zero-order valence-electron chi connectivity index (χ0n) is 10.3. The van der Waals surface area contributed by atoms with Crippen LogP contribution in [-0.4, -0.2) is 12.6 Å². The van der Waals surface area contributed by atoms with Gasteiger partial charge in [-0.25, -0.2) is 9.18 Å². The number of urea groups is 1. The molecule has 2 amide bonds. The van der Waals surface area contributed by atoms with Crippen molar-refractivity contribution in [2.45, 2.75) is 26.7 Å². The lowest BCUT2D eigenvalue weighted by Gasteiger charge is -2.09. The highest BCUT2D eigenvalue weighted by Crippen LogP contribution is 2.11. The van der Waals surface area contributed by atoms with Crippen molar-refractivity contribution in [3.8, 4) is 0 Å². The number of amides is 2. The highest BCUT2D eigenvalue weighted by molar-refractivity contribution is 5.89. The summed E-state index contributed by atoms with van der Waals surface area (Å²) >= 11 is 0. The van der Waals surface area contributed by atoms with Gasteiger partial charge in [-0.1, -0.05) is 26.0 Å². The van der Waals surface area contributed by atoms with E-state index >= 15 is 0 Å². The van der Waals surface area contributed by atoms with Gasteiger partial charge in [0, 0.05) is 6.54 Å². The van der Waals surface area contributed by atoms with Crippen molar-refractivity contribution in [1.82, 2.24) is 5.32 Å². The third kappa shape index (κ3) is 5.33. The minimum absolute atomic E-state index is 0.203. The van der Waals surface area contributed by atoms with E-state index < -0.39 is 5.82 Å². The summed E-state index contributed by atoms with van der Waals surface area (Å²) in [7, 11) is 0. The third-order valence-corrected chi connectivity index (χ3v) is 2.37. The van der Waals surface area contributed by atoms with Gasteiger partial charge in [-0.05, 0) is 30.9 Å². The standard InChI is InChI=1S/C13H19FN2O/c1-10(2)6-5-9-15-13(17)16-12-8-4-3-7-11(12)14/h3-4,7-8,10H,5-6,9H2,1-2H3,(H2,15,16,17). The summed E-state index contributed by atoms with van der Waals surface area (Å²) in [6.07, 6.45) is 2.00. The van der Waals surface area contributed by atoms with Gasteiger partial charge in [0.2, 0.25) is 0 Å². The molecule has 17 heavy (non-hydrogen) atoms. The summed E-state index contributed by atoms with van der Waals surface area (Å²) in [5.41, 5.74) is 0.203. The number of hydrogen-bond donors (Lipinski definition) is 2. The van der Waals surface area contributed by atoms with Gasteiger partial charge in [-0.3, -0.25) is 0 Å². The second-order valence-electron chi connectivity index (χ2n) is 4.40. The van der Waals surface area contributed by atoms with Crippen LogP contribution >= 0.6 is 0 Å². The van der Waals surface area contributed by atoms with E-state index in [9.17, 15) is 9.18 Å². The number of benzene rings is 1. The summed E-state index contributed by atoms with van der Waals surface area (Å²) in [6, 6.07) is 5.74. The molecule has 0 fully saturated rings. The number of halogens is 1. The SMILES string of the molecule is CC(C)CCCNC(=O)Nc1ccccc1F. The van der Waals surface area contributed by atoms with E-state index in [4.69, 9.17) is 0 Å². The van der Waals surface area contributed by atoms with Crippen molar-refractivity contribution in [3.05, 3.63) is 30.1 Å². The van der Waals surface area contributed by atoms with Crippen LogP contribution in [0, 0.1) is 11.7 Å². The van der Waals surface area contributed by atoms with E-state index in [1.807, 2.05) is 0 Å². The Hall–Kier alpha value is -1.58. The maximum Gasteiger partial charge on any atom is 0.319 e. The van der Waals surface area contributed by atoms with Crippen LogP contribution in [0.25, 0.3) is 0 Å². The summed E-state index contributed by atoms with van der Waals surface area (Å²) < 4.78 is 13.2. The second kappa shape index (κ2) is 6.89. The molecule has 4 heteroatoms. The normalized spacial score (nSPS) is 10.4. The van der Waals surface area contributed by atoms with Crippen LogP contribution < -0.4 is 10.6 Å². The van der Waals surface area contributed by atoms with Crippen molar-refractivity contribution in [2.75, 3.05) is 11.9 Å². The predicted molar refractivity (Wildman–Crippen MR) is 67.5 cm³/mol. The molecule has 0 radical (unpaired) electrons. The van der Waals surface area contributed by atoms with Crippen LogP contribution in [-0.2, 0) is 0 Å². The van der Waals surface area contributed by atoms with Crippen molar-refractivity contribution < 1.29 is 9.18 Å². The zero-order valence-corrected chi connectivity index (χ0v) is 10.3. The lowest BCUT2D eigenvalue weighted by molar-refractivity contribution is 0.251. The molecule has 3 nitrogen and oxygen atoms in total. The summed E-state index contributed by atoms with van der Waals surface area (Å²) in [4.78, 5) is 11.4. The molecule has 0 spiro atoms. The fourth-order valence-electron chi connectivity index (χ4n) is 1.44. The number of para-hydroxylation sites is 1. The average molecular weight is 238 g/mol. The minimum Gasteiger partial charge on any atom is -0.338 e. The first kappa shape index (κ1) is 13.5. The van der Waals surface area contributed by atoms with Gasteiger partial charge in [0.1, 0.15) is 5.82 Å². The smallest absolute Gasteiger partial charge is 0.319 e. The van der Waals surface area contributed by atoms with Gasteiger partial charge in [0.15, 0.2) is 0 Å². The second-order valence-corrected chi connectivity index (χ2v) is 4.40. The average Bonchev–Trinajstić information content (AvgIpc) is 2.27. The van der Waals surface area contributed by atoms with Gasteiger partial charge in [0.05, 0.1) is 5.69 Å². The largest absolute Gasteiger partial charge is 0.338 e. The molecule has 0 bridgehead atoms. The maximum atomic E-state index is 13.2. The Kier molecular flexibility index (Phi) is 5.46. The number of anilines is 1. The molecule has 1 aromatic carbocycles. The molecule has 0 atom stereocenters. The molecule has 0 aliphatic heterocycles. The third-order valence-electron chi connectivity index (χ3n) is 2.37. The van der Waals surface area contributed by atoms with Crippen molar-refractivity contribution >= 4 is 11.7 Å². The lowest BCUT2D eigenvalue weighted by Crippen LogP contribution is -2.30. The lowest BCUT2D eigenvalue weighted by atomic mass is 10.1. The van der Waals surface area contributed by atoms with E-state index in [0.717, 1.165) is 12.8 Å². The molecule has 0 heterocycles. The number of nitrogens with one attached hydrogen (secondary N) is 2. The van der Waals surface area contributed by atoms with Crippen molar-refractivity contribution in [2.24, 2.45) is 5.92 Å². The summed E-state index contributed by atoms with van der Waals surface area (Å²) in [5.74, 6) is 0.205. The highest BCUT2D eigenvalue weighted by Gasteiger charge is 2.04. The molecule has 94 valence electrons. The van der Waals surface area contributed by atoms with Gasteiger partial charge in [-0.15, -0.1) is 0 Å². The number of rotatable bonds is 5. The highest BCUT2D eigenvalue weighted by atomic mass is 19.1. The van der Waals surface area contributed by atoms with E-state index in [0.29, 0.717) is 12.5 Å². The summed E-state index contributed by atoms with van der Waals surface area (Å²) in [6.45, 7) is 4.89. The fourth-order valence-corrected chi connectivity index (χ4v) is 1.44. The Morgan fingerprint density at radius 2 is 2.06 bits per heavy atom. The molecule has 0 saturated carbocycles. The molecule has 2 N–H and O–H groups in total. The Morgan fingerprint density at radius 3 is 2.71 bits per heavy atom. The van der Waals surface area contributed by atoms with Gasteiger partial charge in [0.25, 0.3) is 0 Å². The Bertz CT molecular complexity index is 366. The van der Waals surface area contributed by atoms with Gasteiger partial charge >= 0.3 is 6.03 Å². The molecule has 0 aliphatic rings. The molecule has 0 saturated heterocycles. The van der Waals surface area contributed by atoms with Crippen LogP contribution in [0.1, 0.15) is 26.7 Å². The maximum absolute atomic E-state index is 13.2. The Morgan fingerprint density at radius 1 is 1.35 bits per heavy atom. The van der Waals surface area contributed by atoms with Gasteiger partial charge in [-0.2, -0.15) is 0 Å². The Balaban J connectivity index is 2.28. The van der Waals surface area contributed by atoms with E-state index in [2.05, 4.69) is 24.5 Å². The summed E-state index contributed by atoms with van der Waals surface area (Å²) in [5, 5.41) is 5.17. The molecule has 0 aliphatic carbocycles. The first-order chi connectivity index (χ1) is 8.09. The van der Waals surface area contributed by atoms with Crippen molar-refractivity contribution in [1.29, 1.82) is 0 Å². The van der Waals surface area contributed by atoms with E-state index in [1.54, 1.807) is 12.1 Å². The van der Waals surface area contributed by atoms with E-state index in [-0.39, 0.29) is 11.7 Å². The minimum atomic E-state index is -0.426. The predicted octanol–water partition coefficient (Wildman–Crippen LogP) is 3.38. The monoisotopic (exact) mass is 238 g/mol. The molecular weight excluding hydrogens is 219 g/mol. The number of hydrogen-bond acceptors (Lipinski definition) is 1. The molecule has 1 rings (SSSR count). The van der Waals surface area contributed by atoms with Crippen molar-refractivity contribution in [3.63, 3.8) is 0 Å². The molecule has 1 aromatic rings. The van der Waals surface area contributed by atoms with E-state index in [1.165, 1.54) is 12.1 Å². The zero-order chi connectivity index (χ0) is 12.7. The van der Waals surface area contributed by atoms with Crippen LogP contribution in [0.2, 0.25) is 0 Å². The molecular formula is C13H19FN2O. The topological polar surface area (TPSA) is 41.1 Å². The van der Waals surface area contributed by atoms with Crippen LogP contribution in [0.3, 0.4) is 0 Å². The first-order valence-corrected chi connectivity index (χ1v) is 5.89. The molecule has 0 aromatic heterocycles. The molecule has 0 unspecified atom stereocenters. The van der Waals surface area contributed by atoms with Crippen LogP contribution in [0.4, 0.5) is 14.9 Å². The fraction of sp³-hybridized carbons (Fsp3) is 0.462. The van der Waals surface area contributed by atoms with Crippen LogP contribution in [0.15, 0.2) is 24.3 Å². The Labute approximate surface area is 101 Å².